The number of hydrogen-bond donors (Lipinski definition) is 0. The van der Waals surface area contributed by atoms with E-state index in [1.165, 1.54) is 6.92 Å². The predicted molar refractivity (Wildman–Crippen MR) is 91.0 cm³/mol. The first-order chi connectivity index (χ1) is 11.2. The minimum Gasteiger partial charge on any atom is -0.304 e. The molecule has 0 aromatic heterocycles. The zero-order chi connectivity index (χ0) is 18.4. The van der Waals surface area contributed by atoms with Crippen molar-refractivity contribution in [1.29, 1.82) is 0 Å². The van der Waals surface area contributed by atoms with Gasteiger partial charge in [-0.25, -0.2) is 0 Å². The summed E-state index contributed by atoms with van der Waals surface area (Å²) in [5.74, 6) is -0.248. The van der Waals surface area contributed by atoms with Gasteiger partial charge >= 0.3 is 12.9 Å². The molecule has 8 heteroatoms. The SMILES string of the molecule is CCOP(=O)(OCC)C(C)(CCC(=O)c1ccc(C)cc1)[N+](=O)[O-]. The number of carbonyl (C=O) groups is 1. The highest BCUT2D eigenvalue weighted by atomic mass is 31.2. The normalized spacial score (nSPS) is 14.2. The fourth-order valence-corrected chi connectivity index (χ4v) is 4.11. The van der Waals surface area contributed by atoms with Crippen LogP contribution in [0.1, 0.15) is 49.5 Å². The zero-order valence-electron chi connectivity index (χ0n) is 14.5. The summed E-state index contributed by atoms with van der Waals surface area (Å²) >= 11 is 0. The summed E-state index contributed by atoms with van der Waals surface area (Å²) in [6.07, 6.45) is -0.353. The maximum atomic E-state index is 12.9. The van der Waals surface area contributed by atoms with Crippen LogP contribution >= 0.6 is 7.60 Å². The van der Waals surface area contributed by atoms with Crippen LogP contribution < -0.4 is 0 Å². The molecule has 0 saturated carbocycles. The Bertz CT molecular complexity index is 620. The number of hydrogen-bond acceptors (Lipinski definition) is 6. The average molecular weight is 357 g/mol. The lowest BCUT2D eigenvalue weighted by atomic mass is 10.0. The van der Waals surface area contributed by atoms with E-state index in [9.17, 15) is 19.5 Å². The van der Waals surface area contributed by atoms with Crippen molar-refractivity contribution in [1.82, 2.24) is 0 Å². The van der Waals surface area contributed by atoms with E-state index in [-0.39, 0.29) is 31.8 Å². The van der Waals surface area contributed by atoms with Gasteiger partial charge < -0.3 is 9.05 Å². The number of benzene rings is 1. The summed E-state index contributed by atoms with van der Waals surface area (Å²) in [5.41, 5.74) is 1.48. The van der Waals surface area contributed by atoms with Crippen LogP contribution in [0.4, 0.5) is 0 Å². The van der Waals surface area contributed by atoms with Crippen LogP contribution in [0.15, 0.2) is 24.3 Å². The first kappa shape index (κ1) is 20.5. The van der Waals surface area contributed by atoms with Crippen molar-refractivity contribution in [2.24, 2.45) is 0 Å². The lowest BCUT2D eigenvalue weighted by Crippen LogP contribution is -2.37. The number of ketones is 1. The molecule has 0 fully saturated rings. The molecule has 0 spiro atoms. The topological polar surface area (TPSA) is 95.7 Å². The zero-order valence-corrected chi connectivity index (χ0v) is 15.4. The van der Waals surface area contributed by atoms with Crippen molar-refractivity contribution in [3.8, 4) is 0 Å². The summed E-state index contributed by atoms with van der Waals surface area (Å²) in [6.45, 7) is 6.33. The van der Waals surface area contributed by atoms with Gasteiger partial charge in [0, 0.05) is 30.3 Å². The molecular formula is C16H24NO6P. The van der Waals surface area contributed by atoms with Gasteiger partial charge in [0.05, 0.1) is 13.2 Å². The van der Waals surface area contributed by atoms with Gasteiger partial charge in [0.25, 0.3) is 0 Å². The Hall–Kier alpha value is -1.56. The van der Waals surface area contributed by atoms with Crippen LogP contribution in [0, 0.1) is 17.0 Å². The Morgan fingerprint density at radius 3 is 2.12 bits per heavy atom. The fourth-order valence-electron chi connectivity index (χ4n) is 2.22. The lowest BCUT2D eigenvalue weighted by molar-refractivity contribution is -0.541. The number of Topliss-reactive ketones (excluding diaryl/α,β-unsaturated/α-hetero) is 1. The molecule has 7 nitrogen and oxygen atoms in total. The van der Waals surface area contributed by atoms with E-state index in [4.69, 9.17) is 9.05 Å². The van der Waals surface area contributed by atoms with E-state index in [0.717, 1.165) is 5.56 Å². The summed E-state index contributed by atoms with van der Waals surface area (Å²) in [7, 11) is -4.00. The van der Waals surface area contributed by atoms with Gasteiger partial charge in [0.1, 0.15) is 0 Å². The van der Waals surface area contributed by atoms with Crippen molar-refractivity contribution in [3.63, 3.8) is 0 Å². The molecule has 134 valence electrons. The first-order valence-corrected chi connectivity index (χ1v) is 9.38. The second-order valence-corrected chi connectivity index (χ2v) is 8.07. The monoisotopic (exact) mass is 357 g/mol. The molecule has 0 saturated heterocycles. The molecule has 1 aromatic rings. The van der Waals surface area contributed by atoms with Gasteiger partial charge in [-0.1, -0.05) is 29.8 Å². The Morgan fingerprint density at radius 1 is 1.21 bits per heavy atom. The quantitative estimate of drug-likeness (QED) is 0.269. The van der Waals surface area contributed by atoms with E-state index in [1.807, 2.05) is 6.92 Å². The third kappa shape index (κ3) is 4.50. The largest absolute Gasteiger partial charge is 0.406 e. The molecule has 1 rings (SSSR count). The summed E-state index contributed by atoms with van der Waals surface area (Å²) in [6, 6.07) is 6.94. The molecule has 0 N–H and O–H groups in total. The van der Waals surface area contributed by atoms with Crippen LogP contribution in [0.2, 0.25) is 0 Å². The summed E-state index contributed by atoms with van der Waals surface area (Å²) in [4.78, 5) is 23.2. The minimum atomic E-state index is -4.00. The predicted octanol–water partition coefficient (Wildman–Crippen LogP) is 4.22. The molecule has 0 aliphatic heterocycles. The number of nitrogens with zero attached hydrogens (tertiary/aromatic N) is 1. The Kier molecular flexibility index (Phi) is 7.27. The number of carbonyl (C=O) groups excluding carboxylic acids is 1. The van der Waals surface area contributed by atoms with Crippen LogP contribution in [-0.2, 0) is 13.6 Å². The van der Waals surface area contributed by atoms with E-state index in [0.29, 0.717) is 5.56 Å². The van der Waals surface area contributed by atoms with Gasteiger partial charge in [-0.15, -0.1) is 0 Å². The van der Waals surface area contributed by atoms with Crippen molar-refractivity contribution in [2.45, 2.75) is 45.8 Å². The molecule has 24 heavy (non-hydrogen) atoms. The molecule has 1 atom stereocenters. The fraction of sp³-hybridized carbons (Fsp3) is 0.562. The van der Waals surface area contributed by atoms with Crippen molar-refractivity contribution in [3.05, 3.63) is 45.5 Å². The highest BCUT2D eigenvalue weighted by molar-refractivity contribution is 7.55. The number of aryl methyl sites for hydroxylation is 1. The number of nitro groups is 1. The van der Waals surface area contributed by atoms with E-state index < -0.39 is 17.8 Å². The van der Waals surface area contributed by atoms with Crippen LogP contribution in [-0.4, -0.2) is 29.2 Å². The molecule has 0 aliphatic carbocycles. The van der Waals surface area contributed by atoms with Gasteiger partial charge in [-0.3, -0.25) is 19.5 Å². The summed E-state index contributed by atoms with van der Waals surface area (Å²) in [5, 5.41) is 9.60. The number of rotatable bonds is 10. The maximum absolute atomic E-state index is 12.9. The first-order valence-electron chi connectivity index (χ1n) is 7.83. The maximum Gasteiger partial charge on any atom is 0.406 e. The molecule has 0 bridgehead atoms. The van der Waals surface area contributed by atoms with Gasteiger partial charge in [0.15, 0.2) is 5.78 Å². The van der Waals surface area contributed by atoms with Crippen LogP contribution in [0.25, 0.3) is 0 Å². The molecule has 0 amide bonds. The van der Waals surface area contributed by atoms with E-state index in [2.05, 4.69) is 0 Å². The van der Waals surface area contributed by atoms with Crippen molar-refractivity contribution >= 4 is 13.4 Å². The molecular weight excluding hydrogens is 333 g/mol. The smallest absolute Gasteiger partial charge is 0.304 e. The average Bonchev–Trinajstić information content (AvgIpc) is 2.53. The van der Waals surface area contributed by atoms with Gasteiger partial charge in [0.2, 0.25) is 0 Å². The molecule has 1 aromatic carbocycles. The molecule has 0 heterocycles. The lowest BCUT2D eigenvalue weighted by Gasteiger charge is -2.28. The minimum absolute atomic E-state index is 0.0205. The van der Waals surface area contributed by atoms with E-state index >= 15 is 0 Å². The highest BCUT2D eigenvalue weighted by Crippen LogP contribution is 2.61. The Balaban J connectivity index is 2.99. The van der Waals surface area contributed by atoms with Crippen LogP contribution in [0.5, 0.6) is 0 Å². The third-order valence-electron chi connectivity index (χ3n) is 3.78. The third-order valence-corrected chi connectivity index (χ3v) is 6.54. The molecule has 0 radical (unpaired) electrons. The van der Waals surface area contributed by atoms with Gasteiger partial charge in [-0.2, -0.15) is 0 Å². The molecule has 1 unspecified atom stereocenters. The van der Waals surface area contributed by atoms with Crippen LogP contribution in [0.3, 0.4) is 0 Å². The Morgan fingerprint density at radius 2 is 1.71 bits per heavy atom. The molecule has 0 aliphatic rings. The van der Waals surface area contributed by atoms with Gasteiger partial charge in [-0.05, 0) is 20.8 Å². The van der Waals surface area contributed by atoms with Crippen molar-refractivity contribution in [2.75, 3.05) is 13.2 Å². The Labute approximate surface area is 142 Å². The van der Waals surface area contributed by atoms with Crippen molar-refractivity contribution < 1.29 is 23.3 Å². The standard InChI is InChI=1S/C16H24NO6P/c1-5-22-24(21,23-6-2)16(4,17(19)20)12-11-15(18)14-9-7-13(3)8-10-14/h7-10H,5-6,11-12H2,1-4H3. The summed E-state index contributed by atoms with van der Waals surface area (Å²) < 4.78 is 23.1. The highest BCUT2D eigenvalue weighted by Gasteiger charge is 2.58. The second-order valence-electron chi connectivity index (χ2n) is 5.60. The second kappa shape index (κ2) is 8.51. The van der Waals surface area contributed by atoms with E-state index in [1.54, 1.807) is 38.1 Å².